The fourth-order valence-electron chi connectivity index (χ4n) is 3.86. The van der Waals surface area contributed by atoms with E-state index >= 15 is 0 Å². The quantitative estimate of drug-likeness (QED) is 0.288. The molecule has 1 N–H and O–H groups in total. The third-order valence-electron chi connectivity index (χ3n) is 5.38. The molecule has 0 radical (unpaired) electrons. The first-order valence-electron chi connectivity index (χ1n) is 10.2. The summed E-state index contributed by atoms with van der Waals surface area (Å²) >= 11 is 3.60. The van der Waals surface area contributed by atoms with Crippen molar-refractivity contribution in [2.75, 3.05) is 11.9 Å². The van der Waals surface area contributed by atoms with Crippen LogP contribution in [-0.4, -0.2) is 30.9 Å². The van der Waals surface area contributed by atoms with Gasteiger partial charge in [-0.3, -0.25) is 0 Å². The molecule has 3 aromatic heterocycles. The number of benzene rings is 2. The second-order valence-corrected chi connectivity index (χ2v) is 8.45. The highest BCUT2D eigenvalue weighted by Crippen LogP contribution is 2.38. The lowest BCUT2D eigenvalue weighted by atomic mass is 10.2. The summed E-state index contributed by atoms with van der Waals surface area (Å²) in [7, 11) is 1.93. The van der Waals surface area contributed by atoms with Crippen molar-refractivity contribution in [3.8, 4) is 5.75 Å². The number of ether oxygens (including phenoxy) is 1. The summed E-state index contributed by atoms with van der Waals surface area (Å²) in [5, 5.41) is 12.9. The van der Waals surface area contributed by atoms with Crippen molar-refractivity contribution in [3.05, 3.63) is 71.4 Å². The van der Waals surface area contributed by atoms with E-state index in [1.807, 2.05) is 34.5 Å². The molecule has 0 saturated heterocycles. The average Bonchev–Trinajstić information content (AvgIpc) is 3.38. The average molecular weight is 513 g/mol. The van der Waals surface area contributed by atoms with Crippen LogP contribution in [0, 0.1) is 11.6 Å². The van der Waals surface area contributed by atoms with Crippen LogP contribution < -0.4 is 10.1 Å². The molecule has 3 heterocycles. The number of hydrogen-bond acceptors (Lipinski definition) is 5. The monoisotopic (exact) mass is 512 g/mol. The van der Waals surface area contributed by atoms with Gasteiger partial charge in [-0.1, -0.05) is 0 Å². The predicted octanol–water partition coefficient (Wildman–Crippen LogP) is 5.57. The highest BCUT2D eigenvalue weighted by molar-refractivity contribution is 9.10. The Kier molecular flexibility index (Phi) is 5.67. The zero-order chi connectivity index (χ0) is 22.9. The highest BCUT2D eigenvalue weighted by atomic mass is 79.9. The van der Waals surface area contributed by atoms with Gasteiger partial charge in [0.25, 0.3) is 0 Å². The van der Waals surface area contributed by atoms with Crippen LogP contribution in [0.2, 0.25) is 0 Å². The number of aromatic nitrogens is 5. The predicted molar refractivity (Wildman–Crippen MR) is 126 cm³/mol. The van der Waals surface area contributed by atoms with Crippen molar-refractivity contribution in [2.24, 2.45) is 7.05 Å². The van der Waals surface area contributed by atoms with Crippen LogP contribution in [0.5, 0.6) is 5.75 Å². The molecule has 0 atom stereocenters. The minimum atomic E-state index is -0.675. The zero-order valence-corrected chi connectivity index (χ0v) is 19.2. The van der Waals surface area contributed by atoms with Gasteiger partial charge in [0, 0.05) is 43.1 Å². The summed E-state index contributed by atoms with van der Waals surface area (Å²) in [5.41, 5.74) is 2.01. The largest absolute Gasteiger partial charge is 0.492 e. The molecule has 0 aliphatic rings. The highest BCUT2D eigenvalue weighted by Gasteiger charge is 2.17. The topological polar surface area (TPSA) is 69.8 Å². The van der Waals surface area contributed by atoms with Crippen LogP contribution in [0.4, 0.5) is 20.3 Å². The fraction of sp³-hybridized carbons (Fsp3) is 0.174. The van der Waals surface area contributed by atoms with Gasteiger partial charge in [-0.15, -0.1) is 5.10 Å². The molecule has 5 aromatic rings. The molecular formula is C23H19BrF2N6O. The van der Waals surface area contributed by atoms with Crippen molar-refractivity contribution in [1.82, 2.24) is 24.3 Å². The van der Waals surface area contributed by atoms with Gasteiger partial charge in [0.05, 0.1) is 40.0 Å². The second kappa shape index (κ2) is 8.78. The summed E-state index contributed by atoms with van der Waals surface area (Å²) < 4.78 is 38.2. The number of imidazole rings is 1. The Morgan fingerprint density at radius 2 is 1.91 bits per heavy atom. The van der Waals surface area contributed by atoms with Crippen LogP contribution in [0.3, 0.4) is 0 Å². The van der Waals surface area contributed by atoms with E-state index in [9.17, 15) is 8.78 Å². The van der Waals surface area contributed by atoms with Crippen LogP contribution in [0.1, 0.15) is 6.42 Å². The number of nitrogens with zero attached hydrogens (tertiary/aromatic N) is 5. The molecule has 0 amide bonds. The number of halogens is 3. The van der Waals surface area contributed by atoms with E-state index in [1.54, 1.807) is 18.7 Å². The van der Waals surface area contributed by atoms with Gasteiger partial charge in [0.15, 0.2) is 5.82 Å². The van der Waals surface area contributed by atoms with Crippen molar-refractivity contribution < 1.29 is 13.5 Å². The summed E-state index contributed by atoms with van der Waals surface area (Å²) in [5.74, 6) is -0.256. The van der Waals surface area contributed by atoms with Crippen molar-refractivity contribution in [3.63, 3.8) is 0 Å². The maximum Gasteiger partial charge on any atom is 0.163 e. The summed E-state index contributed by atoms with van der Waals surface area (Å²) in [6.07, 6.45) is 7.92. The van der Waals surface area contributed by atoms with E-state index in [1.165, 1.54) is 12.1 Å². The Balaban J connectivity index is 1.50. The number of anilines is 2. The maximum atomic E-state index is 13.7. The molecule has 33 heavy (non-hydrogen) atoms. The number of aryl methyl sites for hydroxylation is 2. The molecule has 0 bridgehead atoms. The lowest BCUT2D eigenvalue weighted by Gasteiger charge is -2.10. The molecule has 7 nitrogen and oxygen atoms in total. The summed E-state index contributed by atoms with van der Waals surface area (Å²) in [6.45, 7) is 1.34. The van der Waals surface area contributed by atoms with Crippen molar-refractivity contribution in [2.45, 2.75) is 13.0 Å². The minimum absolute atomic E-state index is 0.249. The lowest BCUT2D eigenvalue weighted by Crippen LogP contribution is -2.03. The molecular weight excluding hydrogens is 494 g/mol. The Morgan fingerprint density at radius 3 is 2.67 bits per heavy atom. The van der Waals surface area contributed by atoms with Crippen molar-refractivity contribution in [1.29, 1.82) is 0 Å². The molecule has 0 fully saturated rings. The van der Waals surface area contributed by atoms with Gasteiger partial charge in [0.2, 0.25) is 0 Å². The molecule has 0 saturated carbocycles. The fourth-order valence-corrected chi connectivity index (χ4v) is 4.30. The van der Waals surface area contributed by atoms with Crippen LogP contribution in [-0.2, 0) is 13.6 Å². The summed E-state index contributed by atoms with van der Waals surface area (Å²) in [6, 6.07) is 7.16. The molecule has 10 heteroatoms. The first-order valence-corrected chi connectivity index (χ1v) is 11.0. The molecule has 168 valence electrons. The van der Waals surface area contributed by atoms with Crippen molar-refractivity contribution >= 4 is 49.2 Å². The molecule has 2 aromatic carbocycles. The Bertz CT molecular complexity index is 1430. The van der Waals surface area contributed by atoms with Crippen LogP contribution in [0.15, 0.2) is 59.7 Å². The molecule has 5 rings (SSSR count). The SMILES string of the molecule is Cn1c2cc(Br)c(OCCCn3ccnc3)cc2c2c(Nc3cc(F)cc(F)c3)nncc21. The first-order chi connectivity index (χ1) is 16.0. The maximum absolute atomic E-state index is 13.7. The standard InChI is InChI=1S/C23H19BrF2N6O/c1-31-19-11-18(24)21(33-6-2-4-32-5-3-27-13-32)10-17(19)22-20(31)12-28-30-23(22)29-16-8-14(25)7-15(26)9-16/h3,5,7-13H,2,4,6H2,1H3,(H,29,30). The number of fused-ring (bicyclic) bond motifs is 3. The Hall–Kier alpha value is -3.53. The smallest absolute Gasteiger partial charge is 0.163 e. The van der Waals surface area contributed by atoms with E-state index in [4.69, 9.17) is 4.74 Å². The van der Waals surface area contributed by atoms with Gasteiger partial charge < -0.3 is 19.2 Å². The number of hydrogen-bond donors (Lipinski definition) is 1. The van der Waals surface area contributed by atoms with E-state index < -0.39 is 11.6 Å². The molecule has 0 aliphatic carbocycles. The van der Waals surface area contributed by atoms with E-state index in [0.29, 0.717) is 18.2 Å². The Labute approximate surface area is 196 Å². The third kappa shape index (κ3) is 4.25. The van der Waals surface area contributed by atoms with E-state index in [2.05, 4.69) is 36.4 Å². The Morgan fingerprint density at radius 1 is 1.09 bits per heavy atom. The van der Waals surface area contributed by atoms with Gasteiger partial charge in [0.1, 0.15) is 17.4 Å². The summed E-state index contributed by atoms with van der Waals surface area (Å²) in [4.78, 5) is 4.04. The van der Waals surface area contributed by atoms with Crippen LogP contribution in [0.25, 0.3) is 21.8 Å². The molecule has 0 spiro atoms. The van der Waals surface area contributed by atoms with Crippen LogP contribution >= 0.6 is 15.9 Å². The van der Waals surface area contributed by atoms with Gasteiger partial charge in [-0.25, -0.2) is 13.8 Å². The number of nitrogens with one attached hydrogen (secondary N) is 1. The first kappa shape index (κ1) is 21.3. The van der Waals surface area contributed by atoms with E-state index in [-0.39, 0.29) is 5.69 Å². The van der Waals surface area contributed by atoms with Gasteiger partial charge in [-0.2, -0.15) is 5.10 Å². The molecule has 0 unspecified atom stereocenters. The zero-order valence-electron chi connectivity index (χ0n) is 17.6. The lowest BCUT2D eigenvalue weighted by molar-refractivity contribution is 0.300. The second-order valence-electron chi connectivity index (χ2n) is 7.60. The third-order valence-corrected chi connectivity index (χ3v) is 6.00. The van der Waals surface area contributed by atoms with E-state index in [0.717, 1.165) is 45.3 Å². The van der Waals surface area contributed by atoms with Gasteiger partial charge in [-0.05, 0) is 46.6 Å². The number of rotatable bonds is 7. The minimum Gasteiger partial charge on any atom is -0.492 e. The normalized spacial score (nSPS) is 11.4. The van der Waals surface area contributed by atoms with Gasteiger partial charge >= 0.3 is 0 Å². The molecule has 0 aliphatic heterocycles.